The maximum Gasteiger partial charge on any atom is 0.123 e. The third kappa shape index (κ3) is 3.02. The van der Waals surface area contributed by atoms with Gasteiger partial charge in [-0.1, -0.05) is 18.2 Å². The summed E-state index contributed by atoms with van der Waals surface area (Å²) in [5.41, 5.74) is 3.13. The summed E-state index contributed by atoms with van der Waals surface area (Å²) in [5.74, 6) is 0.278. The molecule has 1 heterocycles. The molecule has 21 heavy (non-hydrogen) atoms. The van der Waals surface area contributed by atoms with Gasteiger partial charge in [-0.15, -0.1) is 10.2 Å². The van der Waals surface area contributed by atoms with Crippen molar-refractivity contribution < 1.29 is 5.11 Å². The van der Waals surface area contributed by atoms with E-state index < -0.39 is 0 Å². The number of hydrogen-bond acceptors (Lipinski definition) is 4. The Morgan fingerprint density at radius 3 is 2.48 bits per heavy atom. The van der Waals surface area contributed by atoms with Gasteiger partial charge in [0.15, 0.2) is 0 Å². The van der Waals surface area contributed by atoms with Gasteiger partial charge in [-0.25, -0.2) is 0 Å². The van der Waals surface area contributed by atoms with Gasteiger partial charge in [-0.2, -0.15) is 0 Å². The van der Waals surface area contributed by atoms with Crippen molar-refractivity contribution in [2.45, 2.75) is 13.0 Å². The van der Waals surface area contributed by atoms with Gasteiger partial charge in [0.1, 0.15) is 18.4 Å². The smallest absolute Gasteiger partial charge is 0.123 e. The van der Waals surface area contributed by atoms with Crippen LogP contribution in [0.2, 0.25) is 0 Å². The molecule has 1 unspecified atom stereocenters. The first-order valence-electron chi connectivity index (χ1n) is 6.73. The second-order valence-corrected chi connectivity index (χ2v) is 4.88. The summed E-state index contributed by atoms with van der Waals surface area (Å²) in [7, 11) is 0. The SMILES string of the molecule is CC(Nc1cccc(-n2cnnc2)c1)c1ccc(O)cc1. The molecule has 106 valence electrons. The Kier molecular flexibility index (Phi) is 3.55. The molecule has 0 saturated carbocycles. The van der Waals surface area contributed by atoms with Gasteiger partial charge in [-0.3, -0.25) is 4.57 Å². The summed E-state index contributed by atoms with van der Waals surface area (Å²) in [6, 6.07) is 15.4. The van der Waals surface area contributed by atoms with E-state index in [1.165, 1.54) is 0 Å². The number of aromatic nitrogens is 3. The number of nitrogens with zero attached hydrogens (tertiary/aromatic N) is 3. The Morgan fingerprint density at radius 1 is 1.05 bits per heavy atom. The van der Waals surface area contributed by atoms with Crippen LogP contribution in [0, 0.1) is 0 Å². The van der Waals surface area contributed by atoms with Crippen LogP contribution in [0.25, 0.3) is 5.69 Å². The summed E-state index contributed by atoms with van der Waals surface area (Å²) in [5, 5.41) is 20.4. The van der Waals surface area contributed by atoms with E-state index in [1.54, 1.807) is 24.8 Å². The fourth-order valence-corrected chi connectivity index (χ4v) is 2.19. The summed E-state index contributed by atoms with van der Waals surface area (Å²) in [6.45, 7) is 2.08. The van der Waals surface area contributed by atoms with Crippen molar-refractivity contribution in [1.29, 1.82) is 0 Å². The topological polar surface area (TPSA) is 63.0 Å². The van der Waals surface area contributed by atoms with Gasteiger partial charge in [-0.05, 0) is 42.8 Å². The third-order valence-electron chi connectivity index (χ3n) is 3.34. The van der Waals surface area contributed by atoms with Gasteiger partial charge in [0.25, 0.3) is 0 Å². The lowest BCUT2D eigenvalue weighted by Crippen LogP contribution is -2.06. The number of benzene rings is 2. The summed E-state index contributed by atoms with van der Waals surface area (Å²) < 4.78 is 1.86. The van der Waals surface area contributed by atoms with E-state index in [1.807, 2.05) is 41.0 Å². The van der Waals surface area contributed by atoms with Crippen LogP contribution in [0.15, 0.2) is 61.2 Å². The highest BCUT2D eigenvalue weighted by Gasteiger charge is 2.06. The van der Waals surface area contributed by atoms with Gasteiger partial charge in [0, 0.05) is 11.7 Å². The normalized spacial score (nSPS) is 12.0. The largest absolute Gasteiger partial charge is 0.508 e. The van der Waals surface area contributed by atoms with Crippen molar-refractivity contribution in [3.63, 3.8) is 0 Å². The first-order chi connectivity index (χ1) is 10.2. The predicted molar refractivity (Wildman–Crippen MR) is 81.5 cm³/mol. The molecule has 0 radical (unpaired) electrons. The standard InChI is InChI=1S/C16H16N4O/c1-12(13-5-7-16(21)8-6-13)19-14-3-2-4-15(9-14)20-10-17-18-11-20/h2-12,19,21H,1H3. The highest BCUT2D eigenvalue weighted by Crippen LogP contribution is 2.22. The lowest BCUT2D eigenvalue weighted by atomic mass is 10.1. The minimum atomic E-state index is 0.141. The van der Waals surface area contributed by atoms with Gasteiger partial charge in [0.2, 0.25) is 0 Å². The molecular weight excluding hydrogens is 264 g/mol. The predicted octanol–water partition coefficient (Wildman–Crippen LogP) is 3.15. The van der Waals surface area contributed by atoms with Crippen molar-refractivity contribution in [2.75, 3.05) is 5.32 Å². The Labute approximate surface area is 122 Å². The second-order valence-electron chi connectivity index (χ2n) is 4.88. The molecule has 0 bridgehead atoms. The molecule has 0 fully saturated rings. The van der Waals surface area contributed by atoms with E-state index in [-0.39, 0.29) is 11.8 Å². The molecule has 2 aromatic carbocycles. The van der Waals surface area contributed by atoms with E-state index in [4.69, 9.17) is 0 Å². The lowest BCUT2D eigenvalue weighted by Gasteiger charge is -2.16. The van der Waals surface area contributed by atoms with Crippen molar-refractivity contribution in [2.24, 2.45) is 0 Å². The van der Waals surface area contributed by atoms with Gasteiger partial charge >= 0.3 is 0 Å². The molecule has 5 heteroatoms. The zero-order valence-electron chi connectivity index (χ0n) is 11.6. The summed E-state index contributed by atoms with van der Waals surface area (Å²) in [6.07, 6.45) is 3.34. The quantitative estimate of drug-likeness (QED) is 0.770. The number of anilines is 1. The zero-order chi connectivity index (χ0) is 14.7. The van der Waals surface area contributed by atoms with Crippen LogP contribution < -0.4 is 5.32 Å². The maximum atomic E-state index is 9.34. The van der Waals surface area contributed by atoms with Crippen LogP contribution in [0.1, 0.15) is 18.5 Å². The van der Waals surface area contributed by atoms with Crippen LogP contribution in [0.5, 0.6) is 5.75 Å². The molecule has 3 rings (SSSR count). The zero-order valence-corrected chi connectivity index (χ0v) is 11.6. The van der Waals surface area contributed by atoms with E-state index in [0.717, 1.165) is 16.9 Å². The molecule has 1 atom stereocenters. The van der Waals surface area contributed by atoms with Crippen molar-refractivity contribution >= 4 is 5.69 Å². The van der Waals surface area contributed by atoms with Crippen molar-refractivity contribution in [1.82, 2.24) is 14.8 Å². The summed E-state index contributed by atoms with van der Waals surface area (Å²) >= 11 is 0. The first kappa shape index (κ1) is 13.2. The molecule has 0 aliphatic heterocycles. The van der Waals surface area contributed by atoms with Crippen LogP contribution >= 0.6 is 0 Å². The number of rotatable bonds is 4. The average Bonchev–Trinajstić information content (AvgIpc) is 3.02. The Bertz CT molecular complexity index is 707. The number of aromatic hydroxyl groups is 1. The molecule has 0 amide bonds. The molecule has 3 aromatic rings. The van der Waals surface area contributed by atoms with Crippen LogP contribution in [0.4, 0.5) is 5.69 Å². The van der Waals surface area contributed by atoms with Crippen molar-refractivity contribution in [3.05, 3.63) is 66.7 Å². The Morgan fingerprint density at radius 2 is 1.76 bits per heavy atom. The van der Waals surface area contributed by atoms with Crippen LogP contribution in [0.3, 0.4) is 0 Å². The Hall–Kier alpha value is -2.82. The Balaban J connectivity index is 1.78. The fourth-order valence-electron chi connectivity index (χ4n) is 2.19. The van der Waals surface area contributed by atoms with E-state index in [0.29, 0.717) is 0 Å². The average molecular weight is 280 g/mol. The first-order valence-corrected chi connectivity index (χ1v) is 6.73. The summed E-state index contributed by atoms with van der Waals surface area (Å²) in [4.78, 5) is 0. The molecule has 0 spiro atoms. The minimum absolute atomic E-state index is 0.141. The van der Waals surface area contributed by atoms with Gasteiger partial charge < -0.3 is 10.4 Å². The number of phenols is 1. The van der Waals surface area contributed by atoms with Gasteiger partial charge in [0.05, 0.1) is 5.69 Å². The molecule has 2 N–H and O–H groups in total. The lowest BCUT2D eigenvalue weighted by molar-refractivity contribution is 0.475. The molecule has 0 aliphatic rings. The van der Waals surface area contributed by atoms with E-state index in [9.17, 15) is 5.11 Å². The van der Waals surface area contributed by atoms with Crippen molar-refractivity contribution in [3.8, 4) is 11.4 Å². The van der Waals surface area contributed by atoms with E-state index in [2.05, 4.69) is 22.4 Å². The monoisotopic (exact) mass is 280 g/mol. The van der Waals surface area contributed by atoms with Crippen LogP contribution in [-0.4, -0.2) is 19.9 Å². The molecule has 1 aromatic heterocycles. The highest BCUT2D eigenvalue weighted by molar-refractivity contribution is 5.52. The van der Waals surface area contributed by atoms with E-state index >= 15 is 0 Å². The maximum absolute atomic E-state index is 9.34. The molecule has 5 nitrogen and oxygen atoms in total. The fraction of sp³-hybridized carbons (Fsp3) is 0.125. The number of hydrogen-bond donors (Lipinski definition) is 2. The number of phenolic OH excluding ortho intramolecular Hbond substituents is 1. The minimum Gasteiger partial charge on any atom is -0.508 e. The molecule has 0 saturated heterocycles. The number of nitrogens with one attached hydrogen (secondary N) is 1. The van der Waals surface area contributed by atoms with Crippen LogP contribution in [-0.2, 0) is 0 Å². The second kappa shape index (κ2) is 5.66. The third-order valence-corrected chi connectivity index (χ3v) is 3.34. The molecule has 0 aliphatic carbocycles. The molecular formula is C16H16N4O. The highest BCUT2D eigenvalue weighted by atomic mass is 16.3.